The summed E-state index contributed by atoms with van der Waals surface area (Å²) < 4.78 is 35.0. The van der Waals surface area contributed by atoms with Crippen LogP contribution in [-0.4, -0.2) is 48.8 Å². The van der Waals surface area contributed by atoms with Gasteiger partial charge in [-0.25, -0.2) is 8.78 Å². The number of aromatic nitrogens is 1. The standard InChI is InChI=1S/C20H22F2N2O4.C7H7Cl.C2H5NO/c1-11-4-5-23(9-12(2)25)20(27)19(11)24-10-13(6-17(24)26)18-15(21)7-14(28-3)8-16(18)22;1-6-2-4-7(8)5-3-6;1-3-2-4/h4-5,7-8,12-13,25H,6,9-10H2,1-3H3;2-5H,1H3;2H,1H3,(H,3,4). The van der Waals surface area contributed by atoms with Crippen LogP contribution in [0.3, 0.4) is 0 Å². The predicted octanol–water partition coefficient (Wildman–Crippen LogP) is 4.36. The molecular formula is C29H34ClF2N3O5. The van der Waals surface area contributed by atoms with Crippen LogP contribution in [0, 0.1) is 25.5 Å². The number of halogens is 3. The van der Waals surface area contributed by atoms with Gasteiger partial charge in [0.05, 0.1) is 19.8 Å². The lowest BCUT2D eigenvalue weighted by Crippen LogP contribution is -2.35. The molecule has 2 amide bonds. The average Bonchev–Trinajstić information content (AvgIpc) is 3.27. The number of hydrogen-bond acceptors (Lipinski definition) is 5. The molecule has 0 bridgehead atoms. The number of ether oxygens (including phenoxy) is 1. The molecule has 0 aliphatic carbocycles. The zero-order chi connectivity index (χ0) is 30.0. The van der Waals surface area contributed by atoms with Gasteiger partial charge in [-0.15, -0.1) is 0 Å². The van der Waals surface area contributed by atoms with E-state index in [-0.39, 0.29) is 42.4 Å². The molecule has 40 heavy (non-hydrogen) atoms. The molecule has 2 heterocycles. The summed E-state index contributed by atoms with van der Waals surface area (Å²) in [7, 11) is 2.87. The van der Waals surface area contributed by atoms with Crippen LogP contribution in [0.1, 0.15) is 36.0 Å². The molecule has 0 radical (unpaired) electrons. The number of methoxy groups -OCH3 is 1. The molecule has 0 spiro atoms. The number of nitrogens with zero attached hydrogens (tertiary/aromatic N) is 2. The molecule has 1 aliphatic rings. The molecule has 1 aliphatic heterocycles. The SMILES string of the molecule is CNC=O.COc1cc(F)c(C2CC(=O)N(c3c(C)ccn(CC(C)O)c3=O)C2)c(F)c1.Cc1ccc(Cl)cc1. The van der Waals surface area contributed by atoms with Crippen molar-refractivity contribution in [1.82, 2.24) is 9.88 Å². The van der Waals surface area contributed by atoms with Gasteiger partial charge in [-0.05, 0) is 44.5 Å². The van der Waals surface area contributed by atoms with E-state index in [0.717, 1.165) is 17.2 Å². The molecular weight excluding hydrogens is 544 g/mol. The van der Waals surface area contributed by atoms with Gasteiger partial charge < -0.3 is 24.6 Å². The van der Waals surface area contributed by atoms with Crippen molar-refractivity contribution in [3.05, 3.63) is 92.4 Å². The first-order valence-corrected chi connectivity index (χ1v) is 12.9. The number of rotatable bonds is 6. The molecule has 2 aromatic carbocycles. The van der Waals surface area contributed by atoms with E-state index in [9.17, 15) is 23.5 Å². The molecule has 1 saturated heterocycles. The highest BCUT2D eigenvalue weighted by Gasteiger charge is 2.37. The summed E-state index contributed by atoms with van der Waals surface area (Å²) in [4.78, 5) is 35.8. The van der Waals surface area contributed by atoms with E-state index < -0.39 is 29.2 Å². The molecule has 0 saturated carbocycles. The predicted molar refractivity (Wildman–Crippen MR) is 151 cm³/mol. The number of anilines is 1. The van der Waals surface area contributed by atoms with E-state index in [4.69, 9.17) is 21.1 Å². The molecule has 4 rings (SSSR count). The van der Waals surface area contributed by atoms with E-state index in [0.29, 0.717) is 12.0 Å². The van der Waals surface area contributed by atoms with Crippen molar-refractivity contribution < 1.29 is 28.2 Å². The zero-order valence-electron chi connectivity index (χ0n) is 23.1. The quantitative estimate of drug-likeness (QED) is 0.424. The molecule has 2 N–H and O–H groups in total. The van der Waals surface area contributed by atoms with Gasteiger partial charge in [0, 0.05) is 54.8 Å². The van der Waals surface area contributed by atoms with Gasteiger partial charge in [0.2, 0.25) is 12.3 Å². The Morgan fingerprint density at radius 3 is 2.20 bits per heavy atom. The minimum Gasteiger partial charge on any atom is -0.497 e. The van der Waals surface area contributed by atoms with E-state index in [1.807, 2.05) is 31.2 Å². The van der Waals surface area contributed by atoms with Crippen LogP contribution in [0.4, 0.5) is 14.5 Å². The Balaban J connectivity index is 0.000000387. The third-order valence-corrected chi connectivity index (χ3v) is 6.27. The number of aliphatic hydroxyl groups is 1. The van der Waals surface area contributed by atoms with E-state index in [1.165, 1.54) is 22.1 Å². The number of aryl methyl sites for hydroxylation is 2. The van der Waals surface area contributed by atoms with Crippen molar-refractivity contribution in [2.45, 2.75) is 45.8 Å². The largest absolute Gasteiger partial charge is 0.497 e. The smallest absolute Gasteiger partial charge is 0.274 e. The summed E-state index contributed by atoms with van der Waals surface area (Å²) in [5.74, 6) is -2.61. The van der Waals surface area contributed by atoms with Crippen LogP contribution in [0.15, 0.2) is 53.5 Å². The number of benzene rings is 2. The van der Waals surface area contributed by atoms with E-state index in [2.05, 4.69) is 5.32 Å². The Hall–Kier alpha value is -3.76. The van der Waals surface area contributed by atoms with E-state index in [1.54, 1.807) is 33.2 Å². The molecule has 8 nitrogen and oxygen atoms in total. The number of amides is 2. The van der Waals surface area contributed by atoms with Crippen LogP contribution < -0.4 is 20.5 Å². The second-order valence-electron chi connectivity index (χ2n) is 9.27. The second-order valence-corrected chi connectivity index (χ2v) is 9.70. The van der Waals surface area contributed by atoms with E-state index >= 15 is 0 Å². The number of carbonyl (C=O) groups excluding carboxylic acids is 2. The van der Waals surface area contributed by atoms with Gasteiger partial charge in [0.1, 0.15) is 23.1 Å². The van der Waals surface area contributed by atoms with Crippen molar-refractivity contribution in [1.29, 1.82) is 0 Å². The number of aliphatic hydroxyl groups excluding tert-OH is 1. The summed E-state index contributed by atoms with van der Waals surface area (Å²) in [6, 6.07) is 11.6. The van der Waals surface area contributed by atoms with Crippen molar-refractivity contribution >= 4 is 29.6 Å². The van der Waals surface area contributed by atoms with Gasteiger partial charge in [0.25, 0.3) is 5.56 Å². The Morgan fingerprint density at radius 2 is 1.73 bits per heavy atom. The third-order valence-electron chi connectivity index (χ3n) is 6.02. The van der Waals surface area contributed by atoms with Gasteiger partial charge in [0.15, 0.2) is 0 Å². The van der Waals surface area contributed by atoms with Crippen LogP contribution in [0.2, 0.25) is 5.02 Å². The summed E-state index contributed by atoms with van der Waals surface area (Å²) in [5, 5.41) is 12.6. The highest BCUT2D eigenvalue weighted by Crippen LogP contribution is 2.35. The fraction of sp³-hybridized carbons (Fsp3) is 0.345. The fourth-order valence-corrected chi connectivity index (χ4v) is 4.26. The first-order valence-electron chi connectivity index (χ1n) is 12.5. The highest BCUT2D eigenvalue weighted by molar-refractivity contribution is 6.30. The first kappa shape index (κ1) is 32.5. The monoisotopic (exact) mass is 577 g/mol. The van der Waals surface area contributed by atoms with Crippen molar-refractivity contribution in [3.8, 4) is 5.75 Å². The molecule has 1 fully saturated rings. The minimum atomic E-state index is -0.784. The summed E-state index contributed by atoms with van der Waals surface area (Å²) in [6.07, 6.45) is 1.33. The van der Waals surface area contributed by atoms with Gasteiger partial charge in [-0.3, -0.25) is 14.4 Å². The maximum absolute atomic E-state index is 14.4. The number of carbonyl (C=O) groups is 2. The lowest BCUT2D eigenvalue weighted by molar-refractivity contribution is -0.117. The van der Waals surface area contributed by atoms with Gasteiger partial charge >= 0.3 is 0 Å². The maximum atomic E-state index is 14.4. The minimum absolute atomic E-state index is 0.00618. The highest BCUT2D eigenvalue weighted by atomic mass is 35.5. The van der Waals surface area contributed by atoms with Crippen LogP contribution in [0.5, 0.6) is 5.75 Å². The van der Waals surface area contributed by atoms with Crippen LogP contribution in [-0.2, 0) is 16.1 Å². The molecule has 1 aromatic heterocycles. The second kappa shape index (κ2) is 15.1. The van der Waals surface area contributed by atoms with Crippen molar-refractivity contribution in [2.24, 2.45) is 0 Å². The summed E-state index contributed by atoms with van der Waals surface area (Å²) >= 11 is 5.61. The van der Waals surface area contributed by atoms with Crippen molar-refractivity contribution in [3.63, 3.8) is 0 Å². The topological polar surface area (TPSA) is 101 Å². The van der Waals surface area contributed by atoms with Crippen molar-refractivity contribution in [2.75, 3.05) is 25.6 Å². The molecule has 3 aromatic rings. The Kier molecular flexibility index (Phi) is 12.3. The maximum Gasteiger partial charge on any atom is 0.274 e. The van der Waals surface area contributed by atoms with Gasteiger partial charge in [-0.2, -0.15) is 0 Å². The molecule has 2 atom stereocenters. The lowest BCUT2D eigenvalue weighted by Gasteiger charge is -2.20. The molecule has 2 unspecified atom stereocenters. The summed E-state index contributed by atoms with van der Waals surface area (Å²) in [6.45, 7) is 5.36. The van der Waals surface area contributed by atoms with Crippen LogP contribution >= 0.6 is 11.6 Å². The summed E-state index contributed by atoms with van der Waals surface area (Å²) in [5.41, 5.74) is 1.39. The third kappa shape index (κ3) is 8.62. The Morgan fingerprint density at radius 1 is 1.15 bits per heavy atom. The average molecular weight is 578 g/mol. The lowest BCUT2D eigenvalue weighted by atomic mass is 9.97. The first-order chi connectivity index (χ1) is 18.9. The number of pyridine rings is 1. The van der Waals surface area contributed by atoms with Crippen LogP contribution in [0.25, 0.3) is 0 Å². The Labute approximate surface area is 237 Å². The molecule has 11 heteroatoms. The Bertz CT molecular complexity index is 1320. The number of hydrogen-bond donors (Lipinski definition) is 2. The molecule has 216 valence electrons. The zero-order valence-corrected chi connectivity index (χ0v) is 23.8. The fourth-order valence-electron chi connectivity index (χ4n) is 4.13. The number of nitrogens with one attached hydrogen (secondary N) is 1. The van der Waals surface area contributed by atoms with Gasteiger partial charge in [-0.1, -0.05) is 29.3 Å². The normalized spacial score (nSPS) is 14.9.